The number of hydrogen-bond acceptors (Lipinski definition) is 3. The number of carbonyl (C=O) groups excluding carboxylic acids is 2. The van der Waals surface area contributed by atoms with Crippen LogP contribution in [-0.4, -0.2) is 24.7 Å². The van der Waals surface area contributed by atoms with Gasteiger partial charge in [-0.25, -0.2) is 8.78 Å². The highest BCUT2D eigenvalue weighted by molar-refractivity contribution is 6.02. The maximum atomic E-state index is 13.3. The van der Waals surface area contributed by atoms with Gasteiger partial charge in [0.15, 0.2) is 0 Å². The van der Waals surface area contributed by atoms with Crippen molar-refractivity contribution in [3.8, 4) is 5.75 Å². The quantitative estimate of drug-likeness (QED) is 0.842. The highest BCUT2D eigenvalue weighted by Gasteiger charge is 2.19. The third-order valence-electron chi connectivity index (χ3n) is 3.54. The maximum Gasteiger partial charge on any atom is 0.252 e. The number of benzene rings is 2. The van der Waals surface area contributed by atoms with Crippen LogP contribution in [0.5, 0.6) is 5.75 Å². The number of amides is 2. The highest BCUT2D eigenvalue weighted by atomic mass is 19.1. The van der Waals surface area contributed by atoms with Crippen LogP contribution in [0.3, 0.4) is 0 Å². The largest absolute Gasteiger partial charge is 0.461 e. The molecule has 25 heavy (non-hydrogen) atoms. The molecule has 132 valence electrons. The molecule has 2 N–H and O–H groups in total. The van der Waals surface area contributed by atoms with E-state index in [-0.39, 0.29) is 11.4 Å². The molecular formula is C18H18F2N2O3. The summed E-state index contributed by atoms with van der Waals surface area (Å²) in [7, 11) is 0. The smallest absolute Gasteiger partial charge is 0.252 e. The standard InChI is InChI=1S/C18H18F2N2O3/c1-11-5-3-4-6-14(11)18(24)21-12(2)17(23)22-15-9-13(20)7-8-16(15)25-10-19/h3-9,12H,10H2,1-2H3,(H,21,24)(H,22,23). The minimum Gasteiger partial charge on any atom is -0.461 e. The average Bonchev–Trinajstić information content (AvgIpc) is 2.57. The molecular weight excluding hydrogens is 330 g/mol. The molecule has 1 atom stereocenters. The Bertz CT molecular complexity index is 781. The van der Waals surface area contributed by atoms with E-state index in [1.165, 1.54) is 13.0 Å². The van der Waals surface area contributed by atoms with E-state index in [9.17, 15) is 18.4 Å². The normalized spacial score (nSPS) is 11.5. The first-order valence-electron chi connectivity index (χ1n) is 7.58. The lowest BCUT2D eigenvalue weighted by atomic mass is 10.1. The van der Waals surface area contributed by atoms with Crippen LogP contribution >= 0.6 is 0 Å². The van der Waals surface area contributed by atoms with E-state index in [4.69, 9.17) is 4.74 Å². The SMILES string of the molecule is Cc1ccccc1C(=O)NC(C)C(=O)Nc1cc(F)ccc1OCF. The molecule has 0 saturated heterocycles. The van der Waals surface area contributed by atoms with E-state index >= 15 is 0 Å². The summed E-state index contributed by atoms with van der Waals surface area (Å²) in [6.45, 7) is 2.15. The van der Waals surface area contributed by atoms with Crippen molar-refractivity contribution < 1.29 is 23.1 Å². The summed E-state index contributed by atoms with van der Waals surface area (Å²) < 4.78 is 30.4. The molecule has 0 spiro atoms. The van der Waals surface area contributed by atoms with Gasteiger partial charge in [-0.3, -0.25) is 9.59 Å². The van der Waals surface area contributed by atoms with Crippen molar-refractivity contribution in [1.29, 1.82) is 0 Å². The lowest BCUT2D eigenvalue weighted by Gasteiger charge is -2.16. The van der Waals surface area contributed by atoms with Crippen molar-refractivity contribution in [2.75, 3.05) is 12.2 Å². The van der Waals surface area contributed by atoms with Gasteiger partial charge in [-0.2, -0.15) is 0 Å². The number of carbonyl (C=O) groups is 2. The first-order valence-corrected chi connectivity index (χ1v) is 7.58. The van der Waals surface area contributed by atoms with Crippen molar-refractivity contribution in [3.63, 3.8) is 0 Å². The number of anilines is 1. The van der Waals surface area contributed by atoms with Crippen LogP contribution in [0.25, 0.3) is 0 Å². The molecule has 0 saturated carbocycles. The Morgan fingerprint density at radius 3 is 2.60 bits per heavy atom. The van der Waals surface area contributed by atoms with Gasteiger partial charge in [0.25, 0.3) is 5.91 Å². The zero-order valence-corrected chi connectivity index (χ0v) is 13.8. The summed E-state index contributed by atoms with van der Waals surface area (Å²) in [5.41, 5.74) is 1.21. The third kappa shape index (κ3) is 4.76. The number of nitrogens with one attached hydrogen (secondary N) is 2. The fourth-order valence-corrected chi connectivity index (χ4v) is 2.19. The molecule has 0 fully saturated rings. The first-order chi connectivity index (χ1) is 11.9. The lowest BCUT2D eigenvalue weighted by Crippen LogP contribution is -2.41. The lowest BCUT2D eigenvalue weighted by molar-refractivity contribution is -0.117. The average molecular weight is 348 g/mol. The van der Waals surface area contributed by atoms with Crippen molar-refractivity contribution >= 4 is 17.5 Å². The number of rotatable bonds is 6. The second kappa shape index (κ2) is 8.23. The van der Waals surface area contributed by atoms with Crippen LogP contribution in [-0.2, 0) is 4.79 Å². The van der Waals surface area contributed by atoms with Crippen molar-refractivity contribution in [1.82, 2.24) is 5.32 Å². The molecule has 0 radical (unpaired) electrons. The van der Waals surface area contributed by atoms with Gasteiger partial charge in [-0.1, -0.05) is 18.2 Å². The van der Waals surface area contributed by atoms with E-state index in [0.29, 0.717) is 5.56 Å². The minimum atomic E-state index is -1.12. The van der Waals surface area contributed by atoms with Crippen LogP contribution in [0, 0.1) is 12.7 Å². The summed E-state index contributed by atoms with van der Waals surface area (Å²) >= 11 is 0. The maximum absolute atomic E-state index is 13.3. The second-order valence-electron chi connectivity index (χ2n) is 5.39. The second-order valence-corrected chi connectivity index (χ2v) is 5.39. The fraction of sp³-hybridized carbons (Fsp3) is 0.222. The van der Waals surface area contributed by atoms with E-state index in [2.05, 4.69) is 10.6 Å². The molecule has 0 aliphatic heterocycles. The molecule has 2 amide bonds. The van der Waals surface area contributed by atoms with E-state index in [1.54, 1.807) is 31.2 Å². The van der Waals surface area contributed by atoms with Crippen LogP contribution in [0.1, 0.15) is 22.8 Å². The molecule has 2 rings (SSSR count). The summed E-state index contributed by atoms with van der Waals surface area (Å²) in [6.07, 6.45) is 0. The van der Waals surface area contributed by atoms with Gasteiger partial charge >= 0.3 is 0 Å². The minimum absolute atomic E-state index is 0.00493. The third-order valence-corrected chi connectivity index (χ3v) is 3.54. The van der Waals surface area contributed by atoms with Crippen molar-refractivity contribution in [3.05, 3.63) is 59.4 Å². The van der Waals surface area contributed by atoms with Gasteiger partial charge in [0, 0.05) is 11.6 Å². The molecule has 0 bridgehead atoms. The van der Waals surface area contributed by atoms with Gasteiger partial charge in [0.05, 0.1) is 5.69 Å². The Hall–Kier alpha value is -2.96. The topological polar surface area (TPSA) is 67.4 Å². The van der Waals surface area contributed by atoms with Crippen LogP contribution < -0.4 is 15.4 Å². The zero-order chi connectivity index (χ0) is 18.4. The van der Waals surface area contributed by atoms with Gasteiger partial charge < -0.3 is 15.4 Å². The summed E-state index contributed by atoms with van der Waals surface area (Å²) in [5, 5.41) is 4.99. The Kier molecular flexibility index (Phi) is 6.05. The first kappa shape index (κ1) is 18.4. The Labute approximate surface area is 144 Å². The van der Waals surface area contributed by atoms with Gasteiger partial charge in [-0.15, -0.1) is 0 Å². The molecule has 5 nitrogen and oxygen atoms in total. The number of hydrogen-bond donors (Lipinski definition) is 2. The number of halogens is 2. The van der Waals surface area contributed by atoms with E-state index in [0.717, 1.165) is 17.7 Å². The monoisotopic (exact) mass is 348 g/mol. The molecule has 0 heterocycles. The number of alkyl halides is 1. The number of ether oxygens (including phenoxy) is 1. The van der Waals surface area contributed by atoms with Crippen molar-refractivity contribution in [2.45, 2.75) is 19.9 Å². The summed E-state index contributed by atoms with van der Waals surface area (Å²) in [4.78, 5) is 24.5. The van der Waals surface area contributed by atoms with E-state index in [1.807, 2.05) is 0 Å². The molecule has 1 unspecified atom stereocenters. The van der Waals surface area contributed by atoms with Crippen LogP contribution in [0.15, 0.2) is 42.5 Å². The predicted molar refractivity (Wildman–Crippen MR) is 89.7 cm³/mol. The number of aryl methyl sites for hydroxylation is 1. The predicted octanol–water partition coefficient (Wildman–Crippen LogP) is 3.20. The molecule has 2 aromatic rings. The molecule has 7 heteroatoms. The molecule has 2 aromatic carbocycles. The Morgan fingerprint density at radius 1 is 1.20 bits per heavy atom. The summed E-state index contributed by atoms with van der Waals surface area (Å²) in [6, 6.07) is 9.37. The van der Waals surface area contributed by atoms with Gasteiger partial charge in [0.1, 0.15) is 17.6 Å². The zero-order valence-electron chi connectivity index (χ0n) is 13.8. The molecule has 0 aromatic heterocycles. The molecule has 0 aliphatic rings. The Morgan fingerprint density at radius 2 is 1.92 bits per heavy atom. The Balaban J connectivity index is 2.07. The van der Waals surface area contributed by atoms with Crippen LogP contribution in [0.2, 0.25) is 0 Å². The molecule has 0 aliphatic carbocycles. The fourth-order valence-electron chi connectivity index (χ4n) is 2.19. The van der Waals surface area contributed by atoms with E-state index < -0.39 is 30.5 Å². The van der Waals surface area contributed by atoms with Gasteiger partial charge in [0.2, 0.25) is 12.8 Å². The van der Waals surface area contributed by atoms with Crippen molar-refractivity contribution in [2.24, 2.45) is 0 Å². The van der Waals surface area contributed by atoms with Crippen LogP contribution in [0.4, 0.5) is 14.5 Å². The summed E-state index contributed by atoms with van der Waals surface area (Å²) in [5.74, 6) is -1.61. The highest BCUT2D eigenvalue weighted by Crippen LogP contribution is 2.25. The van der Waals surface area contributed by atoms with Gasteiger partial charge in [-0.05, 0) is 37.6 Å².